The Kier molecular flexibility index (Phi) is 4.35. The molecule has 7 heteroatoms. The van der Waals surface area contributed by atoms with Crippen molar-refractivity contribution >= 4 is 28.5 Å². The number of piperazine rings is 1. The van der Waals surface area contributed by atoms with Gasteiger partial charge in [0, 0.05) is 50.9 Å². The normalized spacial score (nSPS) is 14.6. The largest absolute Gasteiger partial charge is 0.353 e. The predicted molar refractivity (Wildman–Crippen MR) is 101 cm³/mol. The van der Waals surface area contributed by atoms with E-state index in [0.29, 0.717) is 42.6 Å². The van der Waals surface area contributed by atoms with Crippen molar-refractivity contribution in [2.75, 3.05) is 31.1 Å². The maximum Gasteiger partial charge on any atom is 0.256 e. The maximum atomic E-state index is 13.7. The molecule has 138 valence electrons. The van der Waals surface area contributed by atoms with E-state index in [9.17, 15) is 14.0 Å². The summed E-state index contributed by atoms with van der Waals surface area (Å²) < 4.78 is 15.1. The van der Waals surface area contributed by atoms with Crippen LogP contribution in [0.2, 0.25) is 0 Å². The second kappa shape index (κ2) is 6.83. The fourth-order valence-electron chi connectivity index (χ4n) is 3.48. The number of halogens is 1. The molecule has 0 bridgehead atoms. The van der Waals surface area contributed by atoms with Crippen molar-refractivity contribution < 1.29 is 14.0 Å². The number of amides is 1. The van der Waals surface area contributed by atoms with Crippen molar-refractivity contribution in [3.63, 3.8) is 0 Å². The van der Waals surface area contributed by atoms with Gasteiger partial charge in [-0.2, -0.15) is 0 Å². The summed E-state index contributed by atoms with van der Waals surface area (Å²) in [5.74, 6) is 0.0505. The molecule has 1 aliphatic rings. The number of anilines is 1. The molecule has 1 aliphatic heterocycles. The predicted octanol–water partition coefficient (Wildman–Crippen LogP) is 2.80. The van der Waals surface area contributed by atoms with Crippen LogP contribution in [0.1, 0.15) is 22.1 Å². The molecule has 0 atom stereocenters. The Morgan fingerprint density at radius 2 is 1.85 bits per heavy atom. The molecule has 2 aromatic heterocycles. The first-order valence-corrected chi connectivity index (χ1v) is 8.81. The standard InChI is InChI=1S/C20H19FN4O2/c1-14(26)25-13-17(16-12-15(21)5-6-18(16)25)20(27)24-10-8-23(9-11-24)19-4-2-3-7-22-19/h2-7,12-13H,8-11H2,1H3. The zero-order valence-corrected chi connectivity index (χ0v) is 14.9. The Morgan fingerprint density at radius 3 is 2.52 bits per heavy atom. The first-order chi connectivity index (χ1) is 13.0. The fourth-order valence-corrected chi connectivity index (χ4v) is 3.48. The zero-order valence-electron chi connectivity index (χ0n) is 14.9. The minimum atomic E-state index is -0.433. The van der Waals surface area contributed by atoms with Gasteiger partial charge in [-0.1, -0.05) is 6.07 Å². The number of pyridine rings is 1. The molecule has 0 radical (unpaired) electrons. The van der Waals surface area contributed by atoms with Crippen LogP contribution in [-0.4, -0.2) is 52.4 Å². The molecule has 0 N–H and O–H groups in total. The number of hydrogen-bond donors (Lipinski definition) is 0. The number of fused-ring (bicyclic) bond motifs is 1. The van der Waals surface area contributed by atoms with Crippen molar-refractivity contribution in [1.82, 2.24) is 14.5 Å². The van der Waals surface area contributed by atoms with E-state index < -0.39 is 5.82 Å². The van der Waals surface area contributed by atoms with Crippen LogP contribution in [0.4, 0.5) is 10.2 Å². The van der Waals surface area contributed by atoms with Crippen LogP contribution in [0.3, 0.4) is 0 Å². The van der Waals surface area contributed by atoms with E-state index >= 15 is 0 Å². The van der Waals surface area contributed by atoms with E-state index in [1.54, 1.807) is 11.1 Å². The van der Waals surface area contributed by atoms with Gasteiger partial charge in [0.1, 0.15) is 11.6 Å². The van der Waals surface area contributed by atoms with Crippen LogP contribution < -0.4 is 4.90 Å². The van der Waals surface area contributed by atoms with E-state index in [-0.39, 0.29) is 11.8 Å². The third-order valence-corrected chi connectivity index (χ3v) is 4.88. The molecule has 27 heavy (non-hydrogen) atoms. The fraction of sp³-hybridized carbons (Fsp3) is 0.250. The quantitative estimate of drug-likeness (QED) is 0.700. The highest BCUT2D eigenvalue weighted by atomic mass is 19.1. The Labute approximate surface area is 155 Å². The van der Waals surface area contributed by atoms with Crippen LogP contribution in [0, 0.1) is 5.82 Å². The van der Waals surface area contributed by atoms with Gasteiger partial charge < -0.3 is 9.80 Å². The van der Waals surface area contributed by atoms with E-state index in [4.69, 9.17) is 0 Å². The molecular formula is C20H19FN4O2. The Morgan fingerprint density at radius 1 is 1.07 bits per heavy atom. The highest BCUT2D eigenvalue weighted by molar-refractivity contribution is 6.09. The zero-order chi connectivity index (χ0) is 19.0. The highest BCUT2D eigenvalue weighted by Crippen LogP contribution is 2.25. The number of rotatable bonds is 2. The molecule has 0 spiro atoms. The Hall–Kier alpha value is -3.22. The second-order valence-corrected chi connectivity index (χ2v) is 6.56. The van der Waals surface area contributed by atoms with Crippen LogP contribution in [-0.2, 0) is 0 Å². The molecule has 6 nitrogen and oxygen atoms in total. The number of aromatic nitrogens is 2. The highest BCUT2D eigenvalue weighted by Gasteiger charge is 2.26. The van der Waals surface area contributed by atoms with Gasteiger partial charge in [-0.15, -0.1) is 0 Å². The molecular weight excluding hydrogens is 347 g/mol. The van der Waals surface area contributed by atoms with E-state index in [1.807, 2.05) is 18.2 Å². The van der Waals surface area contributed by atoms with Crippen LogP contribution in [0.5, 0.6) is 0 Å². The van der Waals surface area contributed by atoms with Crippen molar-refractivity contribution in [1.29, 1.82) is 0 Å². The van der Waals surface area contributed by atoms with Gasteiger partial charge in [-0.05, 0) is 30.3 Å². The molecule has 1 aromatic carbocycles. The smallest absolute Gasteiger partial charge is 0.256 e. The minimum Gasteiger partial charge on any atom is -0.353 e. The molecule has 1 fully saturated rings. The summed E-state index contributed by atoms with van der Waals surface area (Å²) >= 11 is 0. The molecule has 4 rings (SSSR count). The summed E-state index contributed by atoms with van der Waals surface area (Å²) in [6.45, 7) is 3.84. The van der Waals surface area contributed by atoms with Crippen LogP contribution in [0.15, 0.2) is 48.8 Å². The lowest BCUT2D eigenvalue weighted by Gasteiger charge is -2.35. The van der Waals surface area contributed by atoms with Gasteiger partial charge in [-0.25, -0.2) is 9.37 Å². The molecule has 1 saturated heterocycles. The van der Waals surface area contributed by atoms with Gasteiger partial charge in [0.15, 0.2) is 0 Å². The number of benzene rings is 1. The monoisotopic (exact) mass is 366 g/mol. The van der Waals surface area contributed by atoms with Gasteiger partial charge in [0.25, 0.3) is 5.91 Å². The van der Waals surface area contributed by atoms with Crippen LogP contribution in [0.25, 0.3) is 10.9 Å². The average molecular weight is 366 g/mol. The van der Waals surface area contributed by atoms with E-state index in [0.717, 1.165) is 5.82 Å². The lowest BCUT2D eigenvalue weighted by molar-refractivity contribution is 0.0748. The SMILES string of the molecule is CC(=O)n1cc(C(=O)N2CCN(c3ccccn3)CC2)c2cc(F)ccc21. The molecule has 3 aromatic rings. The molecule has 1 amide bonds. The van der Waals surface area contributed by atoms with E-state index in [1.165, 1.54) is 35.9 Å². The van der Waals surface area contributed by atoms with E-state index in [2.05, 4.69) is 9.88 Å². The molecule has 0 unspecified atom stereocenters. The van der Waals surface area contributed by atoms with Crippen LogP contribution >= 0.6 is 0 Å². The Balaban J connectivity index is 1.59. The van der Waals surface area contributed by atoms with Gasteiger partial charge in [-0.3, -0.25) is 14.2 Å². The lowest BCUT2D eigenvalue weighted by Crippen LogP contribution is -2.49. The number of hydrogen-bond acceptors (Lipinski definition) is 4. The van der Waals surface area contributed by atoms with Crippen molar-refractivity contribution in [3.05, 3.63) is 60.2 Å². The van der Waals surface area contributed by atoms with Crippen molar-refractivity contribution in [2.45, 2.75) is 6.92 Å². The molecule has 3 heterocycles. The maximum absolute atomic E-state index is 13.7. The topological polar surface area (TPSA) is 58.4 Å². The summed E-state index contributed by atoms with van der Waals surface area (Å²) in [6.07, 6.45) is 3.26. The third-order valence-electron chi connectivity index (χ3n) is 4.88. The lowest BCUT2D eigenvalue weighted by atomic mass is 10.1. The number of nitrogens with zero attached hydrogens (tertiary/aromatic N) is 4. The van der Waals surface area contributed by atoms with Gasteiger partial charge >= 0.3 is 0 Å². The summed E-state index contributed by atoms with van der Waals surface area (Å²) in [4.78, 5) is 33.1. The third kappa shape index (κ3) is 3.16. The Bertz CT molecular complexity index is 1010. The molecule has 0 saturated carbocycles. The second-order valence-electron chi connectivity index (χ2n) is 6.56. The van der Waals surface area contributed by atoms with Crippen molar-refractivity contribution in [2.24, 2.45) is 0 Å². The van der Waals surface area contributed by atoms with Crippen molar-refractivity contribution in [3.8, 4) is 0 Å². The summed E-state index contributed by atoms with van der Waals surface area (Å²) in [5, 5.41) is 0.461. The summed E-state index contributed by atoms with van der Waals surface area (Å²) in [6, 6.07) is 9.88. The minimum absolute atomic E-state index is 0.189. The number of carbonyl (C=O) groups is 2. The van der Waals surface area contributed by atoms with Gasteiger partial charge in [0.05, 0.1) is 11.1 Å². The average Bonchev–Trinajstić information content (AvgIpc) is 3.07. The van der Waals surface area contributed by atoms with Gasteiger partial charge in [0.2, 0.25) is 5.91 Å². The first-order valence-electron chi connectivity index (χ1n) is 8.81. The molecule has 0 aliphatic carbocycles. The summed E-state index contributed by atoms with van der Waals surface area (Å²) in [7, 11) is 0. The number of carbonyl (C=O) groups excluding carboxylic acids is 2. The first kappa shape index (κ1) is 17.2. The summed E-state index contributed by atoms with van der Waals surface area (Å²) in [5.41, 5.74) is 0.894.